The monoisotopic (exact) mass is 419 g/mol. The van der Waals surface area contributed by atoms with Crippen LogP contribution in [-0.2, 0) is 10.2 Å². The van der Waals surface area contributed by atoms with E-state index in [4.69, 9.17) is 4.74 Å². The number of fused-ring (bicyclic) bond motifs is 1. The van der Waals surface area contributed by atoms with E-state index in [2.05, 4.69) is 19.2 Å². The highest BCUT2D eigenvalue weighted by Crippen LogP contribution is 2.41. The molecule has 3 nitrogen and oxygen atoms in total. The molecule has 4 heteroatoms. The van der Waals surface area contributed by atoms with Gasteiger partial charge in [-0.25, -0.2) is 4.39 Å². The third-order valence-corrected chi connectivity index (χ3v) is 6.57. The van der Waals surface area contributed by atoms with E-state index in [1.165, 1.54) is 12.1 Å². The maximum Gasteiger partial charge on any atom is 0.235 e. The predicted molar refractivity (Wildman–Crippen MR) is 124 cm³/mol. The van der Waals surface area contributed by atoms with Gasteiger partial charge < -0.3 is 10.1 Å². The highest BCUT2D eigenvalue weighted by Gasteiger charge is 2.41. The number of anilines is 1. The Morgan fingerprint density at radius 2 is 1.68 bits per heavy atom. The molecule has 0 aliphatic heterocycles. The van der Waals surface area contributed by atoms with Crippen LogP contribution >= 0.6 is 0 Å². The van der Waals surface area contributed by atoms with Gasteiger partial charge in [-0.1, -0.05) is 62.6 Å². The summed E-state index contributed by atoms with van der Waals surface area (Å²) in [7, 11) is 0. The molecule has 3 aromatic carbocycles. The first-order chi connectivity index (χ1) is 15.0. The number of halogens is 1. The van der Waals surface area contributed by atoms with Crippen molar-refractivity contribution >= 4 is 22.4 Å². The highest BCUT2D eigenvalue weighted by molar-refractivity contribution is 6.07. The molecule has 3 aromatic rings. The van der Waals surface area contributed by atoms with Gasteiger partial charge >= 0.3 is 0 Å². The minimum absolute atomic E-state index is 0.0143. The van der Waals surface area contributed by atoms with Gasteiger partial charge in [-0.05, 0) is 56.0 Å². The summed E-state index contributed by atoms with van der Waals surface area (Å²) in [6.07, 6.45) is 5.71. The summed E-state index contributed by atoms with van der Waals surface area (Å²) in [5.41, 5.74) is 1.05. The van der Waals surface area contributed by atoms with Crippen LogP contribution in [0.15, 0.2) is 60.7 Å². The number of nitrogens with one attached hydrogen (secondary N) is 1. The Morgan fingerprint density at radius 1 is 1.00 bits per heavy atom. The molecule has 0 spiro atoms. The van der Waals surface area contributed by atoms with Gasteiger partial charge in [-0.15, -0.1) is 0 Å². The van der Waals surface area contributed by atoms with Crippen molar-refractivity contribution in [1.82, 2.24) is 0 Å². The molecule has 31 heavy (non-hydrogen) atoms. The van der Waals surface area contributed by atoms with Crippen molar-refractivity contribution in [3.8, 4) is 5.75 Å². The summed E-state index contributed by atoms with van der Waals surface area (Å²) in [4.78, 5) is 13.7. The molecule has 0 bridgehead atoms. The Kier molecular flexibility index (Phi) is 6.26. The van der Waals surface area contributed by atoms with Gasteiger partial charge in [-0.2, -0.15) is 0 Å². The van der Waals surface area contributed by atoms with Crippen LogP contribution < -0.4 is 10.1 Å². The number of carbonyl (C=O) groups excluding carboxylic acids is 1. The number of hydrogen-bond donors (Lipinski definition) is 1. The minimum Gasteiger partial charge on any atom is -0.490 e. The number of benzene rings is 3. The molecular weight excluding hydrogens is 389 g/mol. The quantitative estimate of drug-likeness (QED) is 0.467. The van der Waals surface area contributed by atoms with Gasteiger partial charge in [0.2, 0.25) is 5.91 Å². The molecule has 0 unspecified atom stereocenters. The topological polar surface area (TPSA) is 38.3 Å². The molecule has 1 saturated carbocycles. The number of carbonyl (C=O) groups is 1. The number of rotatable bonds is 6. The van der Waals surface area contributed by atoms with Crippen molar-refractivity contribution in [2.45, 2.75) is 63.9 Å². The molecule has 4 rings (SSSR count). The van der Waals surface area contributed by atoms with Crippen molar-refractivity contribution in [3.63, 3.8) is 0 Å². The molecule has 1 amide bonds. The summed E-state index contributed by atoms with van der Waals surface area (Å²) in [5, 5.41) is 5.16. The van der Waals surface area contributed by atoms with E-state index in [0.717, 1.165) is 66.3 Å². The smallest absolute Gasteiger partial charge is 0.235 e. The van der Waals surface area contributed by atoms with Gasteiger partial charge in [-0.3, -0.25) is 4.79 Å². The zero-order valence-corrected chi connectivity index (χ0v) is 18.3. The first kappa shape index (κ1) is 21.4. The minimum atomic E-state index is -0.626. The van der Waals surface area contributed by atoms with Crippen LogP contribution in [-0.4, -0.2) is 12.0 Å². The van der Waals surface area contributed by atoms with Crippen LogP contribution in [0, 0.1) is 5.82 Å². The van der Waals surface area contributed by atoms with Crippen LogP contribution in [0.3, 0.4) is 0 Å². The van der Waals surface area contributed by atoms with Crippen molar-refractivity contribution in [2.24, 2.45) is 0 Å². The fourth-order valence-corrected chi connectivity index (χ4v) is 4.60. The van der Waals surface area contributed by atoms with E-state index >= 15 is 0 Å². The fourth-order valence-electron chi connectivity index (χ4n) is 4.60. The first-order valence-electron chi connectivity index (χ1n) is 11.3. The maximum absolute atomic E-state index is 13.7. The zero-order valence-electron chi connectivity index (χ0n) is 18.3. The second kappa shape index (κ2) is 9.09. The average Bonchev–Trinajstić information content (AvgIpc) is 2.81. The van der Waals surface area contributed by atoms with Crippen LogP contribution in [0.25, 0.3) is 10.8 Å². The van der Waals surface area contributed by atoms with Crippen LogP contribution in [0.5, 0.6) is 5.75 Å². The Morgan fingerprint density at radius 3 is 2.35 bits per heavy atom. The lowest BCUT2D eigenvalue weighted by Gasteiger charge is -2.36. The highest BCUT2D eigenvalue weighted by atomic mass is 19.1. The third kappa shape index (κ3) is 4.30. The first-order valence-corrected chi connectivity index (χ1v) is 11.3. The summed E-state index contributed by atoms with van der Waals surface area (Å²) < 4.78 is 19.6. The largest absolute Gasteiger partial charge is 0.490 e. The lowest BCUT2D eigenvalue weighted by molar-refractivity contribution is -0.122. The van der Waals surface area contributed by atoms with E-state index in [9.17, 15) is 9.18 Å². The van der Waals surface area contributed by atoms with Crippen LogP contribution in [0.4, 0.5) is 10.1 Å². The van der Waals surface area contributed by atoms with E-state index in [1.807, 2.05) is 36.4 Å². The summed E-state index contributed by atoms with van der Waals surface area (Å²) >= 11 is 0. The SMILES string of the molecule is CC[C@@H](C)Oc1ccc(NC(=O)C2(c3ccc(F)cc3)CCCCC2)c2ccccc12. The predicted octanol–water partition coefficient (Wildman–Crippen LogP) is 7.00. The van der Waals surface area contributed by atoms with Gasteiger partial charge in [0.25, 0.3) is 0 Å². The molecule has 1 N–H and O–H groups in total. The Balaban J connectivity index is 1.69. The summed E-state index contributed by atoms with van der Waals surface area (Å²) in [6.45, 7) is 4.15. The van der Waals surface area contributed by atoms with Crippen molar-refractivity contribution in [2.75, 3.05) is 5.32 Å². The number of hydrogen-bond acceptors (Lipinski definition) is 2. The third-order valence-electron chi connectivity index (χ3n) is 6.57. The van der Waals surface area contributed by atoms with Crippen molar-refractivity contribution in [1.29, 1.82) is 0 Å². The molecule has 0 saturated heterocycles. The summed E-state index contributed by atoms with van der Waals surface area (Å²) in [6, 6.07) is 18.3. The zero-order chi connectivity index (χ0) is 21.8. The lowest BCUT2D eigenvalue weighted by Crippen LogP contribution is -2.42. The fraction of sp³-hybridized carbons (Fsp3) is 0.370. The average molecular weight is 420 g/mol. The molecule has 1 atom stereocenters. The second-order valence-corrected chi connectivity index (χ2v) is 8.60. The van der Waals surface area contributed by atoms with Gasteiger partial charge in [0, 0.05) is 16.5 Å². The van der Waals surface area contributed by atoms with Crippen molar-refractivity contribution < 1.29 is 13.9 Å². The molecule has 1 aliphatic carbocycles. The molecule has 0 aromatic heterocycles. The van der Waals surface area contributed by atoms with Crippen molar-refractivity contribution in [3.05, 3.63) is 72.0 Å². The van der Waals surface area contributed by atoms with E-state index < -0.39 is 5.41 Å². The van der Waals surface area contributed by atoms with Gasteiger partial charge in [0.1, 0.15) is 11.6 Å². The van der Waals surface area contributed by atoms with E-state index in [1.54, 1.807) is 12.1 Å². The standard InChI is InChI=1S/C27H30FNO2/c1-3-19(2)31-25-16-15-24(22-9-5-6-10-23(22)25)29-26(30)27(17-7-4-8-18-27)20-11-13-21(28)14-12-20/h5-6,9-16,19H,3-4,7-8,17-18H2,1-2H3,(H,29,30)/t19-/m1/s1. The van der Waals surface area contributed by atoms with E-state index in [-0.39, 0.29) is 17.8 Å². The van der Waals surface area contributed by atoms with Gasteiger partial charge in [0.05, 0.1) is 11.5 Å². The van der Waals surface area contributed by atoms with E-state index in [0.29, 0.717) is 0 Å². The lowest BCUT2D eigenvalue weighted by atomic mass is 9.68. The maximum atomic E-state index is 13.7. The second-order valence-electron chi connectivity index (χ2n) is 8.60. The molecule has 0 radical (unpaired) electrons. The Labute approximate surface area is 183 Å². The summed E-state index contributed by atoms with van der Waals surface area (Å²) in [5.74, 6) is 0.534. The Hall–Kier alpha value is -2.88. The molecular formula is C27H30FNO2. The molecule has 162 valence electrons. The number of ether oxygens (including phenoxy) is 1. The normalized spacial score (nSPS) is 16.6. The van der Waals surface area contributed by atoms with Gasteiger partial charge in [0.15, 0.2) is 0 Å². The molecule has 1 aliphatic rings. The Bertz CT molecular complexity index is 1050. The molecule has 0 heterocycles. The molecule has 1 fully saturated rings. The van der Waals surface area contributed by atoms with Crippen LogP contribution in [0.1, 0.15) is 57.9 Å². The number of amides is 1. The van der Waals surface area contributed by atoms with Crippen LogP contribution in [0.2, 0.25) is 0 Å².